The third-order valence-corrected chi connectivity index (χ3v) is 4.10. The van der Waals surface area contributed by atoms with Crippen LogP contribution in [-0.4, -0.2) is 32.2 Å². The van der Waals surface area contributed by atoms with E-state index in [1.165, 1.54) is 5.39 Å². The van der Waals surface area contributed by atoms with Gasteiger partial charge in [0.05, 0.1) is 18.4 Å². The summed E-state index contributed by atoms with van der Waals surface area (Å²) in [4.78, 5) is 14.2. The van der Waals surface area contributed by atoms with Crippen LogP contribution < -0.4 is 4.90 Å². The van der Waals surface area contributed by atoms with Gasteiger partial charge in [-0.1, -0.05) is 42.5 Å². The Labute approximate surface area is 145 Å². The first-order chi connectivity index (χ1) is 12.2. The molecule has 0 amide bonds. The molecule has 6 heteroatoms. The molecule has 0 aliphatic heterocycles. The van der Waals surface area contributed by atoms with E-state index in [0.29, 0.717) is 12.5 Å². The van der Waals surface area contributed by atoms with E-state index in [9.17, 15) is 0 Å². The molecule has 0 bridgehead atoms. The second-order valence-corrected chi connectivity index (χ2v) is 6.04. The largest absolute Gasteiger partial charge is 0.345 e. The van der Waals surface area contributed by atoms with Gasteiger partial charge < -0.3 is 9.88 Å². The Morgan fingerprint density at radius 1 is 1.04 bits per heavy atom. The quantitative estimate of drug-likeness (QED) is 0.621. The predicted molar refractivity (Wildman–Crippen MR) is 98.2 cm³/mol. The first-order valence-electron chi connectivity index (χ1n) is 8.10. The highest BCUT2D eigenvalue weighted by molar-refractivity contribution is 5.95. The van der Waals surface area contributed by atoms with E-state index in [1.54, 1.807) is 6.20 Å². The summed E-state index contributed by atoms with van der Waals surface area (Å²) >= 11 is 0. The molecule has 0 aliphatic carbocycles. The number of H-pyrrole nitrogens is 1. The summed E-state index contributed by atoms with van der Waals surface area (Å²) in [6.45, 7) is 2.57. The van der Waals surface area contributed by atoms with E-state index in [2.05, 4.69) is 44.4 Å². The molecule has 4 aromatic rings. The molecule has 0 saturated heterocycles. The molecular formula is C19H18N6. The average Bonchev–Trinajstić information content (AvgIpc) is 3.06. The van der Waals surface area contributed by atoms with Gasteiger partial charge in [0, 0.05) is 24.5 Å². The SMILES string of the molecule is Cc1cnc(CN(C)c2nncc(-c3cccc4ccccc34)n2)[nH]1. The fourth-order valence-corrected chi connectivity index (χ4v) is 2.88. The van der Waals surface area contributed by atoms with Crippen molar-refractivity contribution in [1.82, 2.24) is 25.1 Å². The second-order valence-electron chi connectivity index (χ2n) is 6.04. The Morgan fingerprint density at radius 3 is 2.72 bits per heavy atom. The van der Waals surface area contributed by atoms with Gasteiger partial charge >= 0.3 is 0 Å². The van der Waals surface area contributed by atoms with Crippen LogP contribution in [0.4, 0.5) is 5.95 Å². The highest BCUT2D eigenvalue weighted by atomic mass is 15.3. The van der Waals surface area contributed by atoms with Gasteiger partial charge in [-0.05, 0) is 17.7 Å². The van der Waals surface area contributed by atoms with Gasteiger partial charge in [-0.25, -0.2) is 9.97 Å². The van der Waals surface area contributed by atoms with E-state index in [0.717, 1.165) is 28.2 Å². The zero-order valence-corrected chi connectivity index (χ0v) is 14.1. The fourth-order valence-electron chi connectivity index (χ4n) is 2.88. The molecule has 2 aromatic heterocycles. The predicted octanol–water partition coefficient (Wildman–Crippen LogP) is 3.36. The third-order valence-electron chi connectivity index (χ3n) is 4.10. The lowest BCUT2D eigenvalue weighted by Crippen LogP contribution is -2.20. The number of hydrogen-bond acceptors (Lipinski definition) is 5. The lowest BCUT2D eigenvalue weighted by Gasteiger charge is -2.15. The number of fused-ring (bicyclic) bond motifs is 1. The molecule has 124 valence electrons. The molecule has 1 N–H and O–H groups in total. The lowest BCUT2D eigenvalue weighted by atomic mass is 10.0. The number of nitrogens with zero attached hydrogens (tertiary/aromatic N) is 5. The minimum atomic E-state index is 0.569. The van der Waals surface area contributed by atoms with Crippen LogP contribution in [0.3, 0.4) is 0 Å². The van der Waals surface area contributed by atoms with Crippen LogP contribution in [0.25, 0.3) is 22.0 Å². The van der Waals surface area contributed by atoms with Gasteiger partial charge in [0.25, 0.3) is 0 Å². The number of aryl methyl sites for hydroxylation is 1. The lowest BCUT2D eigenvalue weighted by molar-refractivity contribution is 0.798. The van der Waals surface area contributed by atoms with Crippen molar-refractivity contribution < 1.29 is 0 Å². The minimum absolute atomic E-state index is 0.569. The number of anilines is 1. The first kappa shape index (κ1) is 15.3. The summed E-state index contributed by atoms with van der Waals surface area (Å²) in [6.07, 6.45) is 3.52. The van der Waals surface area contributed by atoms with Crippen LogP contribution in [0, 0.1) is 6.92 Å². The summed E-state index contributed by atoms with van der Waals surface area (Å²) in [5, 5.41) is 10.7. The number of imidazole rings is 1. The van der Waals surface area contributed by atoms with Gasteiger partial charge in [0.2, 0.25) is 5.95 Å². The van der Waals surface area contributed by atoms with Gasteiger partial charge in [-0.15, -0.1) is 5.10 Å². The van der Waals surface area contributed by atoms with Gasteiger partial charge in [-0.2, -0.15) is 5.10 Å². The Kier molecular flexibility index (Phi) is 3.85. The van der Waals surface area contributed by atoms with E-state index in [1.807, 2.05) is 43.3 Å². The average molecular weight is 330 g/mol. The zero-order chi connectivity index (χ0) is 17.2. The van der Waals surface area contributed by atoms with Gasteiger partial charge in [-0.3, -0.25) is 0 Å². The molecule has 2 heterocycles. The third kappa shape index (κ3) is 3.06. The molecule has 0 fully saturated rings. The fraction of sp³-hybridized carbons (Fsp3) is 0.158. The molecule has 2 aromatic carbocycles. The van der Waals surface area contributed by atoms with Crippen LogP contribution in [0.2, 0.25) is 0 Å². The number of benzene rings is 2. The van der Waals surface area contributed by atoms with Crippen LogP contribution in [0.15, 0.2) is 54.9 Å². The van der Waals surface area contributed by atoms with Crippen molar-refractivity contribution in [3.05, 3.63) is 66.4 Å². The number of aromatic amines is 1. The van der Waals surface area contributed by atoms with Crippen molar-refractivity contribution in [3.8, 4) is 11.3 Å². The topological polar surface area (TPSA) is 70.6 Å². The number of aromatic nitrogens is 5. The second kappa shape index (κ2) is 6.32. The molecule has 4 rings (SSSR count). The molecule has 0 aliphatic rings. The van der Waals surface area contributed by atoms with Crippen molar-refractivity contribution in [2.45, 2.75) is 13.5 Å². The Balaban J connectivity index is 1.69. The first-order valence-corrected chi connectivity index (χ1v) is 8.10. The highest BCUT2D eigenvalue weighted by Crippen LogP contribution is 2.27. The Hall–Kier alpha value is -3.28. The van der Waals surface area contributed by atoms with Crippen molar-refractivity contribution in [1.29, 1.82) is 0 Å². The highest BCUT2D eigenvalue weighted by Gasteiger charge is 2.11. The van der Waals surface area contributed by atoms with Crippen molar-refractivity contribution in [2.75, 3.05) is 11.9 Å². The van der Waals surface area contributed by atoms with E-state index >= 15 is 0 Å². The molecule has 25 heavy (non-hydrogen) atoms. The monoisotopic (exact) mass is 330 g/mol. The zero-order valence-electron chi connectivity index (χ0n) is 14.1. The molecular weight excluding hydrogens is 312 g/mol. The number of hydrogen-bond donors (Lipinski definition) is 1. The van der Waals surface area contributed by atoms with E-state index < -0.39 is 0 Å². The van der Waals surface area contributed by atoms with Crippen LogP contribution in [0.1, 0.15) is 11.5 Å². The van der Waals surface area contributed by atoms with E-state index in [4.69, 9.17) is 4.98 Å². The van der Waals surface area contributed by atoms with Crippen molar-refractivity contribution >= 4 is 16.7 Å². The molecule has 0 atom stereocenters. The number of nitrogens with one attached hydrogen (secondary N) is 1. The summed E-state index contributed by atoms with van der Waals surface area (Å²) in [5.74, 6) is 1.44. The van der Waals surface area contributed by atoms with Crippen molar-refractivity contribution in [3.63, 3.8) is 0 Å². The standard InChI is InChI=1S/C19H18N6/c1-13-10-20-18(22-13)12-25(2)19-23-17(11-21-24-19)16-9-5-7-14-6-3-4-8-15(14)16/h3-11H,12H2,1-2H3,(H,20,22). The molecule has 0 unspecified atom stereocenters. The smallest absolute Gasteiger partial charge is 0.246 e. The van der Waals surface area contributed by atoms with Gasteiger partial charge in [0.1, 0.15) is 5.82 Å². The van der Waals surface area contributed by atoms with Crippen molar-refractivity contribution in [2.24, 2.45) is 0 Å². The van der Waals surface area contributed by atoms with Crippen LogP contribution in [0.5, 0.6) is 0 Å². The van der Waals surface area contributed by atoms with Gasteiger partial charge in [0.15, 0.2) is 0 Å². The summed E-state index contributed by atoms with van der Waals surface area (Å²) in [6, 6.07) is 14.5. The minimum Gasteiger partial charge on any atom is -0.345 e. The maximum Gasteiger partial charge on any atom is 0.246 e. The Morgan fingerprint density at radius 2 is 1.88 bits per heavy atom. The molecule has 6 nitrogen and oxygen atoms in total. The molecule has 0 spiro atoms. The summed E-state index contributed by atoms with van der Waals surface area (Å²) in [7, 11) is 1.93. The van der Waals surface area contributed by atoms with Crippen LogP contribution in [-0.2, 0) is 6.54 Å². The van der Waals surface area contributed by atoms with E-state index in [-0.39, 0.29) is 0 Å². The molecule has 0 saturated carbocycles. The molecule has 0 radical (unpaired) electrons. The Bertz CT molecular complexity index is 1020. The summed E-state index contributed by atoms with van der Waals surface area (Å²) in [5.41, 5.74) is 2.90. The maximum absolute atomic E-state index is 4.71. The number of rotatable bonds is 4. The normalized spacial score (nSPS) is 11.0. The summed E-state index contributed by atoms with van der Waals surface area (Å²) < 4.78 is 0. The maximum atomic E-state index is 4.71. The van der Waals surface area contributed by atoms with Crippen LogP contribution >= 0.6 is 0 Å².